The minimum atomic E-state index is -0.354. The number of rotatable bonds is 7. The SMILES string of the molecule is O=C(Nc1cnccc1OCCN1CCOCC1)c1ccnc2nc(-c3ccc(F)cc3)[nH]c12. The molecule has 1 fully saturated rings. The number of nitrogens with one attached hydrogen (secondary N) is 2. The fourth-order valence-electron chi connectivity index (χ4n) is 3.75. The van der Waals surface area contributed by atoms with Crippen molar-refractivity contribution < 1.29 is 18.7 Å². The Morgan fingerprint density at radius 1 is 1.15 bits per heavy atom. The van der Waals surface area contributed by atoms with E-state index in [1.54, 1.807) is 36.7 Å². The molecule has 1 aliphatic heterocycles. The molecule has 9 nitrogen and oxygen atoms in total. The van der Waals surface area contributed by atoms with Crippen molar-refractivity contribution in [2.45, 2.75) is 0 Å². The van der Waals surface area contributed by atoms with E-state index in [2.05, 4.69) is 30.2 Å². The maximum absolute atomic E-state index is 13.3. The summed E-state index contributed by atoms with van der Waals surface area (Å²) in [5, 5.41) is 2.88. The number of morpholine rings is 1. The first kappa shape index (κ1) is 21.9. The number of H-pyrrole nitrogens is 1. The number of hydrogen-bond donors (Lipinski definition) is 2. The molecule has 1 amide bonds. The fourth-order valence-corrected chi connectivity index (χ4v) is 3.75. The summed E-state index contributed by atoms with van der Waals surface area (Å²) in [5.74, 6) is 0.347. The normalized spacial score (nSPS) is 14.3. The maximum Gasteiger partial charge on any atom is 0.258 e. The van der Waals surface area contributed by atoms with Crippen molar-refractivity contribution in [2.24, 2.45) is 0 Å². The summed E-state index contributed by atoms with van der Waals surface area (Å²) >= 11 is 0. The van der Waals surface area contributed by atoms with Gasteiger partial charge in [0.1, 0.15) is 29.7 Å². The van der Waals surface area contributed by atoms with E-state index in [0.717, 1.165) is 32.8 Å². The number of anilines is 1. The molecule has 3 aromatic heterocycles. The maximum atomic E-state index is 13.3. The second-order valence-corrected chi connectivity index (χ2v) is 7.78. The van der Waals surface area contributed by atoms with Crippen LogP contribution in [0.4, 0.5) is 10.1 Å². The van der Waals surface area contributed by atoms with Gasteiger partial charge in [0.05, 0.1) is 30.5 Å². The highest BCUT2D eigenvalue weighted by molar-refractivity contribution is 6.11. The Morgan fingerprint density at radius 2 is 1.97 bits per heavy atom. The van der Waals surface area contributed by atoms with Crippen LogP contribution < -0.4 is 10.1 Å². The Kier molecular flexibility index (Phi) is 6.41. The number of carbonyl (C=O) groups is 1. The van der Waals surface area contributed by atoms with Gasteiger partial charge in [0, 0.05) is 43.7 Å². The van der Waals surface area contributed by atoms with Crippen LogP contribution in [0.2, 0.25) is 0 Å². The van der Waals surface area contributed by atoms with E-state index in [1.807, 2.05) is 0 Å². The first-order valence-electron chi connectivity index (χ1n) is 11.0. The predicted molar refractivity (Wildman–Crippen MR) is 124 cm³/mol. The number of benzene rings is 1. The highest BCUT2D eigenvalue weighted by atomic mass is 19.1. The van der Waals surface area contributed by atoms with Gasteiger partial charge >= 0.3 is 0 Å². The van der Waals surface area contributed by atoms with E-state index >= 15 is 0 Å². The molecule has 1 aliphatic rings. The number of imidazole rings is 1. The number of aromatic nitrogens is 4. The smallest absolute Gasteiger partial charge is 0.258 e. The number of pyridine rings is 2. The first-order chi connectivity index (χ1) is 16.7. The van der Waals surface area contributed by atoms with E-state index in [0.29, 0.717) is 46.2 Å². The van der Waals surface area contributed by atoms with Gasteiger partial charge in [0.2, 0.25) is 0 Å². The lowest BCUT2D eigenvalue weighted by Crippen LogP contribution is -2.38. The van der Waals surface area contributed by atoms with Crippen molar-refractivity contribution in [3.8, 4) is 17.1 Å². The Morgan fingerprint density at radius 3 is 2.79 bits per heavy atom. The third kappa shape index (κ3) is 4.87. The van der Waals surface area contributed by atoms with Crippen molar-refractivity contribution in [3.63, 3.8) is 0 Å². The van der Waals surface area contributed by atoms with Gasteiger partial charge in [-0.1, -0.05) is 0 Å². The predicted octanol–water partition coefficient (Wildman–Crippen LogP) is 3.12. The van der Waals surface area contributed by atoms with Gasteiger partial charge in [-0.2, -0.15) is 0 Å². The van der Waals surface area contributed by atoms with Crippen molar-refractivity contribution in [1.29, 1.82) is 0 Å². The molecule has 0 unspecified atom stereocenters. The summed E-state index contributed by atoms with van der Waals surface area (Å²) in [4.78, 5) is 31.4. The molecule has 0 radical (unpaired) electrons. The number of halogens is 1. The number of carbonyl (C=O) groups excluding carboxylic acids is 1. The second-order valence-electron chi connectivity index (χ2n) is 7.78. The monoisotopic (exact) mass is 462 g/mol. The van der Waals surface area contributed by atoms with Crippen LogP contribution >= 0.6 is 0 Å². The van der Waals surface area contributed by atoms with Crippen molar-refractivity contribution in [2.75, 3.05) is 44.8 Å². The largest absolute Gasteiger partial charge is 0.490 e. The number of hydrogen-bond acceptors (Lipinski definition) is 7. The fraction of sp³-hybridized carbons (Fsp3) is 0.250. The summed E-state index contributed by atoms with van der Waals surface area (Å²) < 4.78 is 24.6. The van der Waals surface area contributed by atoms with Crippen molar-refractivity contribution >= 4 is 22.8 Å². The Bertz CT molecular complexity index is 1290. The molecule has 1 saturated heterocycles. The van der Waals surface area contributed by atoms with Crippen molar-refractivity contribution in [3.05, 3.63) is 66.4 Å². The van der Waals surface area contributed by atoms with Crippen molar-refractivity contribution in [1.82, 2.24) is 24.8 Å². The number of nitrogens with zero attached hydrogens (tertiary/aromatic N) is 4. The summed E-state index contributed by atoms with van der Waals surface area (Å²) in [6, 6.07) is 9.27. The lowest BCUT2D eigenvalue weighted by Gasteiger charge is -2.26. The number of ether oxygens (including phenoxy) is 2. The number of fused-ring (bicyclic) bond motifs is 1. The van der Waals surface area contributed by atoms with Gasteiger partial charge in [-0.15, -0.1) is 0 Å². The van der Waals surface area contributed by atoms with E-state index < -0.39 is 0 Å². The van der Waals surface area contributed by atoms with E-state index in [-0.39, 0.29) is 11.7 Å². The van der Waals surface area contributed by atoms with Crippen LogP contribution in [0.15, 0.2) is 55.0 Å². The van der Waals surface area contributed by atoms with Gasteiger partial charge < -0.3 is 19.8 Å². The lowest BCUT2D eigenvalue weighted by atomic mass is 10.2. The molecule has 5 rings (SSSR count). The lowest BCUT2D eigenvalue weighted by molar-refractivity contribution is 0.0323. The molecule has 174 valence electrons. The first-order valence-corrected chi connectivity index (χ1v) is 11.0. The van der Waals surface area contributed by atoms with Gasteiger partial charge in [-0.25, -0.2) is 14.4 Å². The van der Waals surface area contributed by atoms with Crippen LogP contribution in [-0.4, -0.2) is 70.2 Å². The summed E-state index contributed by atoms with van der Waals surface area (Å²) in [6.45, 7) is 4.47. The van der Waals surface area contributed by atoms with E-state index in [1.165, 1.54) is 18.3 Å². The molecule has 34 heavy (non-hydrogen) atoms. The molecule has 0 atom stereocenters. The average molecular weight is 462 g/mol. The van der Waals surface area contributed by atoms with Gasteiger partial charge in [0.25, 0.3) is 5.91 Å². The van der Waals surface area contributed by atoms with Crippen LogP contribution in [0, 0.1) is 5.82 Å². The summed E-state index contributed by atoms with van der Waals surface area (Å²) in [6.07, 6.45) is 4.70. The minimum Gasteiger partial charge on any atom is -0.490 e. The minimum absolute atomic E-state index is 0.336. The van der Waals surface area contributed by atoms with Crippen LogP contribution in [0.3, 0.4) is 0 Å². The Hall–Kier alpha value is -3.89. The Balaban J connectivity index is 1.32. The molecular formula is C24H23FN6O3. The van der Waals surface area contributed by atoms with Gasteiger partial charge in [-0.05, 0) is 30.3 Å². The highest BCUT2D eigenvalue weighted by Gasteiger charge is 2.17. The van der Waals surface area contributed by atoms with Crippen LogP contribution in [-0.2, 0) is 4.74 Å². The third-order valence-corrected chi connectivity index (χ3v) is 5.55. The zero-order valence-electron chi connectivity index (χ0n) is 18.3. The highest BCUT2D eigenvalue weighted by Crippen LogP contribution is 2.26. The quantitative estimate of drug-likeness (QED) is 0.435. The van der Waals surface area contributed by atoms with Gasteiger partial charge in [-0.3, -0.25) is 14.7 Å². The van der Waals surface area contributed by atoms with Crippen LogP contribution in [0.25, 0.3) is 22.6 Å². The topological polar surface area (TPSA) is 105 Å². The molecule has 10 heteroatoms. The van der Waals surface area contributed by atoms with E-state index in [4.69, 9.17) is 9.47 Å². The average Bonchev–Trinajstić information content (AvgIpc) is 3.30. The molecule has 0 bridgehead atoms. The zero-order valence-corrected chi connectivity index (χ0v) is 18.3. The molecule has 0 saturated carbocycles. The molecule has 4 heterocycles. The zero-order chi connectivity index (χ0) is 23.3. The van der Waals surface area contributed by atoms with Gasteiger partial charge in [0.15, 0.2) is 5.65 Å². The Labute approximate surface area is 195 Å². The molecule has 2 N–H and O–H groups in total. The number of amides is 1. The third-order valence-electron chi connectivity index (χ3n) is 5.55. The number of aromatic amines is 1. The summed E-state index contributed by atoms with van der Waals surface area (Å²) in [5.41, 5.74) is 2.40. The standard InChI is InChI=1S/C24H23FN6O3/c25-17-3-1-16(2-4-17)22-29-21-18(5-8-27-23(21)30-22)24(32)28-19-15-26-7-6-20(19)34-14-11-31-9-12-33-13-10-31/h1-8,15H,9-14H2,(H,28,32)(H,27,29,30). The van der Waals surface area contributed by atoms with E-state index in [9.17, 15) is 9.18 Å². The summed E-state index contributed by atoms with van der Waals surface area (Å²) in [7, 11) is 0. The molecule has 0 aliphatic carbocycles. The van der Waals surface area contributed by atoms with Crippen LogP contribution in [0.5, 0.6) is 5.75 Å². The molecule has 0 spiro atoms. The van der Waals surface area contributed by atoms with Crippen LogP contribution in [0.1, 0.15) is 10.4 Å². The molecular weight excluding hydrogens is 439 g/mol. The molecule has 1 aromatic carbocycles. The molecule has 4 aromatic rings. The second kappa shape index (κ2) is 9.94.